The molecule has 1 saturated carbocycles. The minimum absolute atomic E-state index is 0.450. The molecular weight excluding hydrogens is 394 g/mol. The second-order valence-corrected chi connectivity index (χ2v) is 9.67. The lowest BCUT2D eigenvalue weighted by molar-refractivity contribution is 0.324. The van der Waals surface area contributed by atoms with E-state index in [1.165, 1.54) is 36.8 Å². The minimum Gasteiger partial charge on any atom is -0.362 e. The van der Waals surface area contributed by atoms with Crippen molar-refractivity contribution in [1.82, 2.24) is 15.3 Å². The zero-order valence-corrected chi connectivity index (χ0v) is 19.9. The van der Waals surface area contributed by atoms with E-state index < -0.39 is 0 Å². The van der Waals surface area contributed by atoms with Gasteiger partial charge in [-0.1, -0.05) is 50.2 Å². The third kappa shape index (κ3) is 5.57. The van der Waals surface area contributed by atoms with Crippen LogP contribution in [0.4, 0.5) is 11.8 Å². The highest BCUT2D eigenvalue weighted by Crippen LogP contribution is 2.28. The van der Waals surface area contributed by atoms with E-state index >= 15 is 0 Å². The van der Waals surface area contributed by atoms with Gasteiger partial charge in [-0.05, 0) is 67.3 Å². The van der Waals surface area contributed by atoms with Gasteiger partial charge in [-0.15, -0.1) is 0 Å². The van der Waals surface area contributed by atoms with E-state index in [1.54, 1.807) is 0 Å². The van der Waals surface area contributed by atoms with Gasteiger partial charge in [0.15, 0.2) is 0 Å². The number of anilines is 2. The lowest BCUT2D eigenvalue weighted by atomic mass is 9.86. The number of hydrogen-bond acceptors (Lipinski definition) is 5. The quantitative estimate of drug-likeness (QED) is 0.488. The Morgan fingerprint density at radius 3 is 2.34 bits per heavy atom. The molecular formula is C27H37N5. The molecule has 2 aromatic carbocycles. The number of nitrogens with one attached hydrogen (secondary N) is 2. The fraction of sp³-hybridized carbons (Fsp3) is 0.481. The van der Waals surface area contributed by atoms with Crippen molar-refractivity contribution in [1.29, 1.82) is 0 Å². The van der Waals surface area contributed by atoms with Crippen LogP contribution in [0.25, 0.3) is 10.9 Å². The van der Waals surface area contributed by atoms with Gasteiger partial charge >= 0.3 is 0 Å². The first-order valence-corrected chi connectivity index (χ1v) is 12.0. The van der Waals surface area contributed by atoms with Crippen molar-refractivity contribution in [3.63, 3.8) is 0 Å². The van der Waals surface area contributed by atoms with Crippen LogP contribution in [0.5, 0.6) is 0 Å². The van der Waals surface area contributed by atoms with Crippen LogP contribution in [0.2, 0.25) is 0 Å². The fourth-order valence-corrected chi connectivity index (χ4v) is 4.60. The molecule has 0 radical (unpaired) electrons. The number of hydrogen-bond donors (Lipinski definition) is 2. The zero-order chi connectivity index (χ0) is 22.5. The molecule has 0 atom stereocenters. The molecule has 0 spiro atoms. The maximum atomic E-state index is 4.80. The Kier molecular flexibility index (Phi) is 7.26. The first kappa shape index (κ1) is 22.5. The van der Waals surface area contributed by atoms with Crippen molar-refractivity contribution in [2.75, 3.05) is 30.9 Å². The van der Waals surface area contributed by atoms with Crippen molar-refractivity contribution in [3.05, 3.63) is 59.7 Å². The Labute approximate surface area is 192 Å². The normalized spacial score (nSPS) is 18.8. The first-order valence-electron chi connectivity index (χ1n) is 12.0. The van der Waals surface area contributed by atoms with Crippen LogP contribution in [0, 0.1) is 5.92 Å². The largest absolute Gasteiger partial charge is 0.362 e. The van der Waals surface area contributed by atoms with E-state index in [9.17, 15) is 0 Å². The van der Waals surface area contributed by atoms with Crippen molar-refractivity contribution >= 4 is 22.7 Å². The van der Waals surface area contributed by atoms with Crippen molar-refractivity contribution in [2.45, 2.75) is 58.0 Å². The molecule has 170 valence electrons. The molecule has 5 nitrogen and oxygen atoms in total. The lowest BCUT2D eigenvalue weighted by Gasteiger charge is -2.29. The maximum Gasteiger partial charge on any atom is 0.225 e. The van der Waals surface area contributed by atoms with Crippen LogP contribution < -0.4 is 15.5 Å². The summed E-state index contributed by atoms with van der Waals surface area (Å²) in [5.41, 5.74) is 3.77. The number of fused-ring (bicyclic) bond motifs is 1. The summed E-state index contributed by atoms with van der Waals surface area (Å²) in [6.45, 7) is 6.53. The van der Waals surface area contributed by atoms with Gasteiger partial charge in [0, 0.05) is 32.1 Å². The smallest absolute Gasteiger partial charge is 0.225 e. The van der Waals surface area contributed by atoms with Gasteiger partial charge in [0.25, 0.3) is 0 Å². The molecule has 1 aliphatic rings. The summed E-state index contributed by atoms with van der Waals surface area (Å²) in [7, 11) is 4.07. The van der Waals surface area contributed by atoms with Crippen LogP contribution in [0.15, 0.2) is 48.5 Å². The molecule has 1 heterocycles. The Hall–Kier alpha value is -2.66. The molecule has 4 rings (SSSR count). The van der Waals surface area contributed by atoms with Crippen LogP contribution in [0.1, 0.15) is 56.6 Å². The van der Waals surface area contributed by atoms with Crippen LogP contribution in [-0.4, -0.2) is 36.6 Å². The lowest BCUT2D eigenvalue weighted by Crippen LogP contribution is -2.31. The van der Waals surface area contributed by atoms with E-state index in [-0.39, 0.29) is 0 Å². The summed E-state index contributed by atoms with van der Waals surface area (Å²) in [5.74, 6) is 3.06. The van der Waals surface area contributed by atoms with Gasteiger partial charge in [0.2, 0.25) is 5.95 Å². The van der Waals surface area contributed by atoms with Crippen molar-refractivity contribution < 1.29 is 0 Å². The average Bonchev–Trinajstić information content (AvgIpc) is 2.80. The number of rotatable bonds is 8. The van der Waals surface area contributed by atoms with Gasteiger partial charge in [0.05, 0.1) is 5.52 Å². The maximum absolute atomic E-state index is 4.80. The zero-order valence-electron chi connectivity index (χ0n) is 19.9. The molecule has 0 aliphatic heterocycles. The van der Waals surface area contributed by atoms with Crippen LogP contribution in [0.3, 0.4) is 0 Å². The predicted molar refractivity (Wildman–Crippen MR) is 135 cm³/mol. The van der Waals surface area contributed by atoms with Crippen molar-refractivity contribution in [3.8, 4) is 0 Å². The topological polar surface area (TPSA) is 53.1 Å². The number of benzene rings is 2. The molecule has 0 bridgehead atoms. The van der Waals surface area contributed by atoms with E-state index in [4.69, 9.17) is 9.97 Å². The standard InChI is InChI=1S/C27H37N5/c1-19(2)22-13-9-20(10-14-22)17-28-18-21-11-15-23(16-12-21)29-27-30-25-8-6-5-7-24(25)26(31-27)32(3)4/h5-10,13-14,19,21,23,28H,11-12,15-18H2,1-4H3,(H,29,30,31)/t21-,23+. The number of aromatic nitrogens is 2. The van der Waals surface area contributed by atoms with E-state index in [0.717, 1.165) is 41.7 Å². The third-order valence-corrected chi connectivity index (χ3v) is 6.60. The highest BCUT2D eigenvalue weighted by molar-refractivity contribution is 5.90. The summed E-state index contributed by atoms with van der Waals surface area (Å²) in [6, 6.07) is 17.7. The monoisotopic (exact) mass is 431 g/mol. The molecule has 5 heteroatoms. The summed E-state index contributed by atoms with van der Waals surface area (Å²) in [5, 5.41) is 8.38. The molecule has 0 amide bonds. The van der Waals surface area contributed by atoms with Gasteiger partial charge < -0.3 is 15.5 Å². The van der Waals surface area contributed by atoms with Gasteiger partial charge in [-0.25, -0.2) is 4.98 Å². The summed E-state index contributed by atoms with van der Waals surface area (Å²) >= 11 is 0. The third-order valence-electron chi connectivity index (χ3n) is 6.60. The second-order valence-electron chi connectivity index (χ2n) is 9.67. The summed E-state index contributed by atoms with van der Waals surface area (Å²) in [6.07, 6.45) is 4.82. The molecule has 32 heavy (non-hydrogen) atoms. The van der Waals surface area contributed by atoms with Crippen molar-refractivity contribution in [2.24, 2.45) is 5.92 Å². The number of para-hydroxylation sites is 1. The Balaban J connectivity index is 1.26. The minimum atomic E-state index is 0.450. The molecule has 1 aromatic heterocycles. The fourth-order valence-electron chi connectivity index (χ4n) is 4.60. The van der Waals surface area contributed by atoms with Crippen LogP contribution in [-0.2, 0) is 6.54 Å². The Morgan fingerprint density at radius 2 is 1.66 bits per heavy atom. The molecule has 0 saturated heterocycles. The van der Waals surface area contributed by atoms with Crippen LogP contribution >= 0.6 is 0 Å². The van der Waals surface area contributed by atoms with E-state index in [2.05, 4.69) is 65.8 Å². The SMILES string of the molecule is CC(C)c1ccc(CNC[C@H]2CC[C@@H](Nc3nc(N(C)C)c4ccccc4n3)CC2)cc1. The van der Waals surface area contributed by atoms with E-state index in [1.807, 2.05) is 26.2 Å². The highest BCUT2D eigenvalue weighted by atomic mass is 15.2. The molecule has 0 unspecified atom stereocenters. The van der Waals surface area contributed by atoms with Gasteiger partial charge in [-0.2, -0.15) is 4.98 Å². The molecule has 1 fully saturated rings. The van der Waals surface area contributed by atoms with Gasteiger partial charge in [-0.3, -0.25) is 0 Å². The molecule has 3 aromatic rings. The molecule has 2 N–H and O–H groups in total. The average molecular weight is 432 g/mol. The van der Waals surface area contributed by atoms with Gasteiger partial charge in [0.1, 0.15) is 5.82 Å². The summed E-state index contributed by atoms with van der Waals surface area (Å²) in [4.78, 5) is 11.6. The Morgan fingerprint density at radius 1 is 0.938 bits per heavy atom. The van der Waals surface area contributed by atoms with E-state index in [0.29, 0.717) is 12.0 Å². The first-order chi connectivity index (χ1) is 15.5. The number of nitrogens with zero attached hydrogens (tertiary/aromatic N) is 3. The predicted octanol–water partition coefficient (Wildman–Crippen LogP) is 5.58. The molecule has 1 aliphatic carbocycles. The highest BCUT2D eigenvalue weighted by Gasteiger charge is 2.22. The second kappa shape index (κ2) is 10.3. The summed E-state index contributed by atoms with van der Waals surface area (Å²) < 4.78 is 0. The Bertz CT molecular complexity index is 1000.